The van der Waals surface area contributed by atoms with Crippen LogP contribution in [0.25, 0.3) is 10.1 Å². The molecule has 1 amide bonds. The van der Waals surface area contributed by atoms with Crippen molar-refractivity contribution in [2.45, 2.75) is 26.1 Å². The van der Waals surface area contributed by atoms with Crippen LogP contribution in [0.1, 0.15) is 23.5 Å². The van der Waals surface area contributed by atoms with Crippen LogP contribution in [0.15, 0.2) is 24.3 Å². The molecule has 0 aliphatic carbocycles. The zero-order chi connectivity index (χ0) is 14.3. The zero-order valence-electron chi connectivity index (χ0n) is 11.6. The van der Waals surface area contributed by atoms with E-state index in [1.165, 1.54) is 11.3 Å². The number of hydrogen-bond acceptors (Lipinski definition) is 4. The average Bonchev–Trinajstić information content (AvgIpc) is 2.75. The van der Waals surface area contributed by atoms with Crippen LogP contribution in [0.4, 0.5) is 5.69 Å². The number of nitrogen functional groups attached to an aromatic ring is 1. The van der Waals surface area contributed by atoms with Gasteiger partial charge in [-0.1, -0.05) is 18.2 Å². The second kappa shape index (κ2) is 5.07. The van der Waals surface area contributed by atoms with Crippen LogP contribution in [-0.2, 0) is 4.74 Å². The molecule has 3 rings (SSSR count). The van der Waals surface area contributed by atoms with Gasteiger partial charge in [0, 0.05) is 23.2 Å². The van der Waals surface area contributed by atoms with Crippen LogP contribution in [0, 0.1) is 0 Å². The lowest BCUT2D eigenvalue weighted by molar-refractivity contribution is -0.0584. The number of hydrogen-bond donors (Lipinski definition) is 1. The minimum absolute atomic E-state index is 0.0192. The van der Waals surface area contributed by atoms with Gasteiger partial charge in [-0.05, 0) is 19.9 Å². The fraction of sp³-hybridized carbons (Fsp3) is 0.400. The number of nitrogens with zero attached hydrogens (tertiary/aromatic N) is 1. The third-order valence-electron chi connectivity index (χ3n) is 3.53. The van der Waals surface area contributed by atoms with Crippen LogP contribution in [0.2, 0.25) is 0 Å². The molecule has 0 spiro atoms. The second-order valence-electron chi connectivity index (χ2n) is 5.31. The predicted molar refractivity (Wildman–Crippen MR) is 82.1 cm³/mol. The third kappa shape index (κ3) is 2.27. The van der Waals surface area contributed by atoms with E-state index in [2.05, 4.69) is 0 Å². The highest BCUT2D eigenvalue weighted by molar-refractivity contribution is 7.21. The number of carbonyl (C=O) groups is 1. The molecule has 2 N–H and O–H groups in total. The van der Waals surface area contributed by atoms with Gasteiger partial charge in [0.25, 0.3) is 5.91 Å². The standard InChI is InChI=1S/C15H18N2O2S/c1-9-7-17(8-10(2)19-9)15(18)14-13(16)11-5-3-4-6-12(11)20-14/h3-6,9-10H,7-8,16H2,1-2H3/t9-,10+. The Morgan fingerprint density at radius 3 is 2.60 bits per heavy atom. The molecular formula is C15H18N2O2S. The van der Waals surface area contributed by atoms with E-state index in [9.17, 15) is 4.79 Å². The number of fused-ring (bicyclic) bond motifs is 1. The van der Waals surface area contributed by atoms with Crippen molar-refractivity contribution in [3.63, 3.8) is 0 Å². The maximum absolute atomic E-state index is 12.7. The molecule has 2 atom stereocenters. The Kier molecular flexibility index (Phi) is 3.40. The van der Waals surface area contributed by atoms with Gasteiger partial charge in [0.2, 0.25) is 0 Å². The molecule has 0 saturated carbocycles. The number of amides is 1. The molecule has 0 unspecified atom stereocenters. The fourth-order valence-corrected chi connectivity index (χ4v) is 3.80. The van der Waals surface area contributed by atoms with Crippen molar-refractivity contribution >= 4 is 33.0 Å². The first kappa shape index (κ1) is 13.4. The van der Waals surface area contributed by atoms with Gasteiger partial charge in [0.05, 0.1) is 17.9 Å². The molecule has 106 valence electrons. The number of nitrogens with two attached hydrogens (primary N) is 1. The minimum Gasteiger partial charge on any atom is -0.397 e. The summed E-state index contributed by atoms with van der Waals surface area (Å²) < 4.78 is 6.73. The molecule has 1 fully saturated rings. The average molecular weight is 290 g/mol. The van der Waals surface area contributed by atoms with E-state index in [0.29, 0.717) is 23.7 Å². The van der Waals surface area contributed by atoms with Crippen molar-refractivity contribution in [3.05, 3.63) is 29.1 Å². The molecular weight excluding hydrogens is 272 g/mol. The Bertz CT molecular complexity index is 642. The largest absolute Gasteiger partial charge is 0.397 e. The maximum Gasteiger partial charge on any atom is 0.266 e. The number of anilines is 1. The Balaban J connectivity index is 1.94. The molecule has 0 radical (unpaired) electrons. The van der Waals surface area contributed by atoms with E-state index >= 15 is 0 Å². The van der Waals surface area contributed by atoms with Gasteiger partial charge in [-0.2, -0.15) is 0 Å². The number of carbonyl (C=O) groups excluding carboxylic acids is 1. The number of rotatable bonds is 1. The summed E-state index contributed by atoms with van der Waals surface area (Å²) in [5.74, 6) is 0.0192. The summed E-state index contributed by atoms with van der Waals surface area (Å²) >= 11 is 1.47. The van der Waals surface area contributed by atoms with E-state index in [1.807, 2.05) is 43.0 Å². The summed E-state index contributed by atoms with van der Waals surface area (Å²) in [7, 11) is 0. The topological polar surface area (TPSA) is 55.6 Å². The van der Waals surface area contributed by atoms with Crippen LogP contribution in [0.5, 0.6) is 0 Å². The fourth-order valence-electron chi connectivity index (χ4n) is 2.71. The number of thiophene rings is 1. The Morgan fingerprint density at radius 1 is 1.30 bits per heavy atom. The molecule has 4 nitrogen and oxygen atoms in total. The lowest BCUT2D eigenvalue weighted by atomic mass is 10.2. The van der Waals surface area contributed by atoms with Gasteiger partial charge in [-0.3, -0.25) is 4.79 Å². The molecule has 2 aromatic rings. The first-order valence-corrected chi connectivity index (χ1v) is 7.59. The highest BCUT2D eigenvalue weighted by Crippen LogP contribution is 2.34. The lowest BCUT2D eigenvalue weighted by Crippen LogP contribution is -2.48. The Morgan fingerprint density at radius 2 is 1.95 bits per heavy atom. The van der Waals surface area contributed by atoms with Crippen molar-refractivity contribution in [2.24, 2.45) is 0 Å². The van der Waals surface area contributed by atoms with Crippen molar-refractivity contribution in [1.29, 1.82) is 0 Å². The first-order chi connectivity index (χ1) is 9.56. The normalized spacial score (nSPS) is 23.2. The molecule has 1 saturated heterocycles. The monoisotopic (exact) mass is 290 g/mol. The van der Waals surface area contributed by atoms with Crippen LogP contribution in [-0.4, -0.2) is 36.1 Å². The number of benzene rings is 1. The van der Waals surface area contributed by atoms with Crippen molar-refractivity contribution in [1.82, 2.24) is 4.90 Å². The molecule has 5 heteroatoms. The van der Waals surface area contributed by atoms with Gasteiger partial charge in [-0.15, -0.1) is 11.3 Å². The summed E-state index contributed by atoms with van der Waals surface area (Å²) in [6.07, 6.45) is 0.136. The van der Waals surface area contributed by atoms with E-state index in [-0.39, 0.29) is 18.1 Å². The van der Waals surface area contributed by atoms with Gasteiger partial charge < -0.3 is 15.4 Å². The molecule has 0 bridgehead atoms. The Labute approximate surface area is 122 Å². The smallest absolute Gasteiger partial charge is 0.266 e. The predicted octanol–water partition coefficient (Wildman–Crippen LogP) is 2.73. The highest BCUT2D eigenvalue weighted by atomic mass is 32.1. The van der Waals surface area contributed by atoms with Crippen molar-refractivity contribution in [3.8, 4) is 0 Å². The van der Waals surface area contributed by atoms with Crippen molar-refractivity contribution < 1.29 is 9.53 Å². The Hall–Kier alpha value is -1.59. The van der Waals surface area contributed by atoms with Crippen molar-refractivity contribution in [2.75, 3.05) is 18.8 Å². The third-order valence-corrected chi connectivity index (χ3v) is 4.71. The maximum atomic E-state index is 12.7. The molecule has 2 heterocycles. The van der Waals surface area contributed by atoms with E-state index in [4.69, 9.17) is 10.5 Å². The highest BCUT2D eigenvalue weighted by Gasteiger charge is 2.29. The van der Waals surface area contributed by atoms with Gasteiger partial charge in [0.15, 0.2) is 0 Å². The summed E-state index contributed by atoms with van der Waals surface area (Å²) in [6.45, 7) is 5.22. The van der Waals surface area contributed by atoms with Gasteiger partial charge in [0.1, 0.15) is 4.88 Å². The summed E-state index contributed by atoms with van der Waals surface area (Å²) in [5, 5.41) is 0.968. The second-order valence-corrected chi connectivity index (χ2v) is 6.36. The van der Waals surface area contributed by atoms with Crippen LogP contribution in [0.3, 0.4) is 0 Å². The summed E-state index contributed by atoms with van der Waals surface area (Å²) in [4.78, 5) is 15.2. The first-order valence-electron chi connectivity index (χ1n) is 6.78. The molecule has 1 aliphatic rings. The quantitative estimate of drug-likeness (QED) is 0.878. The summed E-state index contributed by atoms with van der Waals surface area (Å²) in [5.41, 5.74) is 6.75. The molecule has 1 aliphatic heterocycles. The van der Waals surface area contributed by atoms with E-state index in [0.717, 1.165) is 10.1 Å². The SMILES string of the molecule is C[C@@H]1CN(C(=O)c2sc3ccccc3c2N)C[C@H](C)O1. The molecule has 1 aromatic carbocycles. The summed E-state index contributed by atoms with van der Waals surface area (Å²) in [6, 6.07) is 7.87. The zero-order valence-corrected chi connectivity index (χ0v) is 12.4. The van der Waals surface area contributed by atoms with Gasteiger partial charge >= 0.3 is 0 Å². The lowest BCUT2D eigenvalue weighted by Gasteiger charge is -2.35. The van der Waals surface area contributed by atoms with Gasteiger partial charge in [-0.25, -0.2) is 0 Å². The number of ether oxygens (including phenoxy) is 1. The van der Waals surface area contributed by atoms with E-state index in [1.54, 1.807) is 0 Å². The van der Waals surface area contributed by atoms with E-state index < -0.39 is 0 Å². The molecule has 1 aromatic heterocycles. The van der Waals surface area contributed by atoms with Crippen LogP contribution >= 0.6 is 11.3 Å². The molecule has 20 heavy (non-hydrogen) atoms. The minimum atomic E-state index is 0.0192. The van der Waals surface area contributed by atoms with Crippen LogP contribution < -0.4 is 5.73 Å². The number of morpholine rings is 1.